The minimum absolute atomic E-state index is 0.120. The van der Waals surface area contributed by atoms with Gasteiger partial charge in [-0.15, -0.1) is 0 Å². The number of para-hydroxylation sites is 1. The van der Waals surface area contributed by atoms with Gasteiger partial charge in [-0.2, -0.15) is 0 Å². The van der Waals surface area contributed by atoms with E-state index in [2.05, 4.69) is 5.32 Å². The van der Waals surface area contributed by atoms with E-state index in [1.165, 1.54) is 0 Å². The van der Waals surface area contributed by atoms with Crippen LogP contribution in [0, 0.1) is 6.92 Å². The Hall–Kier alpha value is -2.98. The van der Waals surface area contributed by atoms with Crippen molar-refractivity contribution in [3.05, 3.63) is 83.4 Å². The SMILES string of the molecule is Cc1ccc(Cl)c(OCC(=O)Nc2ccc(Oc3ccccc3)cc2)c1. The second-order valence-corrected chi connectivity index (χ2v) is 6.12. The lowest BCUT2D eigenvalue weighted by Gasteiger charge is -2.10. The molecule has 0 aliphatic heterocycles. The summed E-state index contributed by atoms with van der Waals surface area (Å²) in [6, 6.07) is 22.1. The van der Waals surface area contributed by atoms with E-state index in [9.17, 15) is 4.79 Å². The molecule has 5 heteroatoms. The number of benzene rings is 3. The molecule has 0 aliphatic carbocycles. The quantitative estimate of drug-likeness (QED) is 0.629. The molecule has 3 aromatic rings. The number of carbonyl (C=O) groups excluding carboxylic acids is 1. The summed E-state index contributed by atoms with van der Waals surface area (Å²) in [4.78, 5) is 12.0. The highest BCUT2D eigenvalue weighted by atomic mass is 35.5. The summed E-state index contributed by atoms with van der Waals surface area (Å²) >= 11 is 6.05. The highest BCUT2D eigenvalue weighted by Crippen LogP contribution is 2.25. The lowest BCUT2D eigenvalue weighted by Crippen LogP contribution is -2.20. The average Bonchev–Trinajstić information content (AvgIpc) is 2.65. The number of amides is 1. The number of ether oxygens (including phenoxy) is 2. The Morgan fingerprint density at radius 2 is 1.65 bits per heavy atom. The van der Waals surface area contributed by atoms with Gasteiger partial charge < -0.3 is 14.8 Å². The number of hydrogen-bond acceptors (Lipinski definition) is 3. The Morgan fingerprint density at radius 3 is 2.38 bits per heavy atom. The highest BCUT2D eigenvalue weighted by Gasteiger charge is 2.07. The summed E-state index contributed by atoms with van der Waals surface area (Å²) in [5.74, 6) is 1.68. The first kappa shape index (κ1) is 17.8. The molecule has 0 saturated heterocycles. The zero-order valence-corrected chi connectivity index (χ0v) is 15.0. The van der Waals surface area contributed by atoms with Crippen molar-refractivity contribution in [1.29, 1.82) is 0 Å². The molecule has 0 spiro atoms. The molecular formula is C21H18ClNO3. The van der Waals surface area contributed by atoms with Gasteiger partial charge in [-0.3, -0.25) is 4.79 Å². The van der Waals surface area contributed by atoms with E-state index >= 15 is 0 Å². The van der Waals surface area contributed by atoms with Crippen molar-refractivity contribution >= 4 is 23.2 Å². The van der Waals surface area contributed by atoms with Gasteiger partial charge in [0.05, 0.1) is 5.02 Å². The summed E-state index contributed by atoms with van der Waals surface area (Å²) in [5.41, 5.74) is 1.67. The van der Waals surface area contributed by atoms with Crippen LogP contribution in [0.15, 0.2) is 72.8 Å². The zero-order valence-electron chi connectivity index (χ0n) is 14.2. The van der Waals surface area contributed by atoms with Crippen molar-refractivity contribution in [3.8, 4) is 17.2 Å². The summed E-state index contributed by atoms with van der Waals surface area (Å²) < 4.78 is 11.2. The molecule has 3 aromatic carbocycles. The zero-order chi connectivity index (χ0) is 18.4. The monoisotopic (exact) mass is 367 g/mol. The predicted octanol–water partition coefficient (Wildman–Crippen LogP) is 5.46. The van der Waals surface area contributed by atoms with Crippen molar-refractivity contribution in [1.82, 2.24) is 0 Å². The lowest BCUT2D eigenvalue weighted by atomic mass is 10.2. The normalized spacial score (nSPS) is 10.2. The van der Waals surface area contributed by atoms with Gasteiger partial charge in [-0.25, -0.2) is 0 Å². The highest BCUT2D eigenvalue weighted by molar-refractivity contribution is 6.32. The van der Waals surface area contributed by atoms with E-state index in [1.807, 2.05) is 43.3 Å². The van der Waals surface area contributed by atoms with Crippen LogP contribution < -0.4 is 14.8 Å². The van der Waals surface area contributed by atoms with E-state index in [-0.39, 0.29) is 12.5 Å². The van der Waals surface area contributed by atoms with Crippen molar-refractivity contribution in [2.75, 3.05) is 11.9 Å². The van der Waals surface area contributed by atoms with Crippen molar-refractivity contribution < 1.29 is 14.3 Å². The fourth-order valence-corrected chi connectivity index (χ4v) is 2.46. The number of nitrogens with one attached hydrogen (secondary N) is 1. The Balaban J connectivity index is 1.53. The Kier molecular flexibility index (Phi) is 5.77. The van der Waals surface area contributed by atoms with E-state index in [1.54, 1.807) is 36.4 Å². The Labute approximate surface area is 157 Å². The van der Waals surface area contributed by atoms with Crippen LogP contribution in [0.1, 0.15) is 5.56 Å². The van der Waals surface area contributed by atoms with E-state index in [4.69, 9.17) is 21.1 Å². The van der Waals surface area contributed by atoms with Gasteiger partial charge in [-0.05, 0) is 61.0 Å². The number of carbonyl (C=O) groups is 1. The van der Waals surface area contributed by atoms with Crippen LogP contribution in [0.25, 0.3) is 0 Å². The molecular weight excluding hydrogens is 350 g/mol. The van der Waals surface area contributed by atoms with Crippen molar-refractivity contribution in [2.24, 2.45) is 0 Å². The van der Waals surface area contributed by atoms with E-state index < -0.39 is 0 Å². The van der Waals surface area contributed by atoms with Gasteiger partial charge in [0, 0.05) is 5.69 Å². The van der Waals surface area contributed by atoms with Crippen molar-refractivity contribution in [2.45, 2.75) is 6.92 Å². The van der Waals surface area contributed by atoms with Gasteiger partial charge in [0.15, 0.2) is 6.61 Å². The minimum atomic E-state index is -0.265. The third-order valence-electron chi connectivity index (χ3n) is 3.56. The number of halogens is 1. The maximum atomic E-state index is 12.0. The average molecular weight is 368 g/mol. The van der Waals surface area contributed by atoms with Crippen LogP contribution in [0.4, 0.5) is 5.69 Å². The van der Waals surface area contributed by atoms with Crippen LogP contribution in [0.2, 0.25) is 5.02 Å². The van der Waals surface area contributed by atoms with Crippen LogP contribution in [0.3, 0.4) is 0 Å². The van der Waals surface area contributed by atoms with E-state index in [0.717, 1.165) is 11.3 Å². The standard InChI is InChI=1S/C21H18ClNO3/c1-15-7-12-19(22)20(13-15)25-14-21(24)23-16-8-10-18(11-9-16)26-17-5-3-2-4-6-17/h2-13H,14H2,1H3,(H,23,24). The number of anilines is 1. The predicted molar refractivity (Wildman–Crippen MR) is 103 cm³/mol. The molecule has 0 fully saturated rings. The fourth-order valence-electron chi connectivity index (χ4n) is 2.29. The third-order valence-corrected chi connectivity index (χ3v) is 3.87. The first-order valence-electron chi connectivity index (χ1n) is 8.12. The number of hydrogen-bond donors (Lipinski definition) is 1. The van der Waals surface area contributed by atoms with Gasteiger partial charge >= 0.3 is 0 Å². The molecule has 0 aliphatic rings. The maximum absolute atomic E-state index is 12.0. The largest absolute Gasteiger partial charge is 0.482 e. The summed E-state index contributed by atoms with van der Waals surface area (Å²) in [7, 11) is 0. The molecule has 0 unspecified atom stereocenters. The molecule has 0 saturated carbocycles. The molecule has 1 N–H and O–H groups in total. The molecule has 0 aromatic heterocycles. The molecule has 0 bridgehead atoms. The molecule has 4 nitrogen and oxygen atoms in total. The minimum Gasteiger partial charge on any atom is -0.482 e. The topological polar surface area (TPSA) is 47.6 Å². The molecule has 132 valence electrons. The Bertz CT molecular complexity index is 880. The number of aryl methyl sites for hydroxylation is 1. The van der Waals surface area contributed by atoms with Gasteiger partial charge in [0.1, 0.15) is 17.2 Å². The third kappa shape index (κ3) is 5.01. The summed E-state index contributed by atoms with van der Waals surface area (Å²) in [6.45, 7) is 1.81. The first-order valence-corrected chi connectivity index (χ1v) is 8.50. The van der Waals surface area contributed by atoms with Crippen LogP contribution in [-0.4, -0.2) is 12.5 Å². The number of rotatable bonds is 6. The molecule has 1 amide bonds. The Morgan fingerprint density at radius 1 is 0.962 bits per heavy atom. The lowest BCUT2D eigenvalue weighted by molar-refractivity contribution is -0.118. The van der Waals surface area contributed by atoms with Gasteiger partial charge in [0.25, 0.3) is 5.91 Å². The fraction of sp³-hybridized carbons (Fsp3) is 0.0952. The van der Waals surface area contributed by atoms with Gasteiger partial charge in [0.2, 0.25) is 0 Å². The molecule has 0 radical (unpaired) electrons. The molecule has 0 heterocycles. The molecule has 26 heavy (non-hydrogen) atoms. The van der Waals surface area contributed by atoms with Crippen LogP contribution in [0.5, 0.6) is 17.2 Å². The summed E-state index contributed by atoms with van der Waals surface area (Å²) in [6.07, 6.45) is 0. The molecule has 3 rings (SSSR count). The van der Waals surface area contributed by atoms with E-state index in [0.29, 0.717) is 22.2 Å². The summed E-state index contributed by atoms with van der Waals surface area (Å²) in [5, 5.41) is 3.25. The van der Waals surface area contributed by atoms with Crippen molar-refractivity contribution in [3.63, 3.8) is 0 Å². The molecule has 0 atom stereocenters. The first-order chi connectivity index (χ1) is 12.6. The van der Waals surface area contributed by atoms with Crippen LogP contribution >= 0.6 is 11.6 Å². The van der Waals surface area contributed by atoms with Gasteiger partial charge in [-0.1, -0.05) is 35.9 Å². The smallest absolute Gasteiger partial charge is 0.262 e. The second-order valence-electron chi connectivity index (χ2n) is 5.71. The second kappa shape index (κ2) is 8.41. The maximum Gasteiger partial charge on any atom is 0.262 e. The van der Waals surface area contributed by atoms with Crippen LogP contribution in [-0.2, 0) is 4.79 Å².